The van der Waals surface area contributed by atoms with Gasteiger partial charge in [0.25, 0.3) is 0 Å². The van der Waals surface area contributed by atoms with E-state index < -0.39 is 12.0 Å². The quantitative estimate of drug-likeness (QED) is 0.745. The van der Waals surface area contributed by atoms with Gasteiger partial charge in [-0.15, -0.1) is 0 Å². The Morgan fingerprint density at radius 1 is 1.35 bits per heavy atom. The van der Waals surface area contributed by atoms with Gasteiger partial charge in [0, 0.05) is 24.4 Å². The minimum atomic E-state index is -1.01. The van der Waals surface area contributed by atoms with Crippen LogP contribution in [0.5, 0.6) is 0 Å². The van der Waals surface area contributed by atoms with Crippen LogP contribution < -0.4 is 5.32 Å². The third kappa shape index (κ3) is 3.72. The lowest BCUT2D eigenvalue weighted by molar-refractivity contribution is -0.143. The van der Waals surface area contributed by atoms with Crippen molar-refractivity contribution in [2.75, 3.05) is 13.1 Å². The van der Waals surface area contributed by atoms with Crippen LogP contribution in [0.2, 0.25) is 0 Å². The molecule has 2 saturated heterocycles. The monoisotopic (exact) mass is 320 g/mol. The van der Waals surface area contributed by atoms with Gasteiger partial charge in [-0.25, -0.2) is 9.78 Å². The number of aromatic amines is 1. The lowest BCUT2D eigenvalue weighted by atomic mass is 9.83. The van der Waals surface area contributed by atoms with Crippen molar-refractivity contribution in [2.24, 2.45) is 5.92 Å². The molecule has 3 heterocycles. The summed E-state index contributed by atoms with van der Waals surface area (Å²) in [5, 5.41) is 12.1. The first kappa shape index (κ1) is 16.0. The lowest BCUT2D eigenvalue weighted by Crippen LogP contribution is -2.55. The fourth-order valence-electron chi connectivity index (χ4n) is 3.86. The van der Waals surface area contributed by atoms with Crippen molar-refractivity contribution in [3.8, 4) is 0 Å². The molecule has 2 unspecified atom stereocenters. The number of piperidine rings is 2. The van der Waals surface area contributed by atoms with Crippen LogP contribution in [0.25, 0.3) is 0 Å². The van der Waals surface area contributed by atoms with Gasteiger partial charge in [0.15, 0.2) is 0 Å². The molecule has 1 amide bonds. The number of hydrogen-bond acceptors (Lipinski definition) is 4. The molecule has 3 N–H and O–H groups in total. The fourth-order valence-corrected chi connectivity index (χ4v) is 3.86. The molecule has 2 aliphatic rings. The number of nitrogens with zero attached hydrogens (tertiary/aromatic N) is 2. The number of carboxylic acids is 1. The highest BCUT2D eigenvalue weighted by molar-refractivity contribution is 5.85. The number of carbonyl (C=O) groups is 2. The largest absolute Gasteiger partial charge is 0.480 e. The van der Waals surface area contributed by atoms with E-state index in [1.165, 1.54) is 12.7 Å². The number of carboxylic acid groups (broad SMARTS) is 1. The van der Waals surface area contributed by atoms with Gasteiger partial charge >= 0.3 is 5.97 Å². The number of aliphatic carboxylic acids is 1. The maximum absolute atomic E-state index is 12.7. The lowest BCUT2D eigenvalue weighted by Gasteiger charge is -2.43. The summed E-state index contributed by atoms with van der Waals surface area (Å²) in [5.74, 6) is -1.22. The molecule has 1 aromatic heterocycles. The molecule has 3 rings (SSSR count). The Morgan fingerprint density at radius 3 is 2.91 bits per heavy atom. The number of nitrogens with one attached hydrogen (secondary N) is 2. The number of imidazole rings is 1. The Kier molecular flexibility index (Phi) is 4.95. The van der Waals surface area contributed by atoms with Crippen molar-refractivity contribution in [3.63, 3.8) is 0 Å². The van der Waals surface area contributed by atoms with Gasteiger partial charge in [-0.1, -0.05) is 6.42 Å². The first-order chi connectivity index (χ1) is 11.1. The van der Waals surface area contributed by atoms with E-state index in [2.05, 4.69) is 20.2 Å². The molecule has 3 atom stereocenters. The molecule has 0 saturated carbocycles. The van der Waals surface area contributed by atoms with Gasteiger partial charge in [-0.05, 0) is 38.8 Å². The average molecular weight is 320 g/mol. The minimum Gasteiger partial charge on any atom is -0.480 e. The van der Waals surface area contributed by atoms with Crippen LogP contribution in [-0.2, 0) is 16.0 Å². The van der Waals surface area contributed by atoms with Crippen LogP contribution in [0.4, 0.5) is 0 Å². The molecule has 2 aliphatic heterocycles. The molecular formula is C16H24N4O3. The Bertz CT molecular complexity index is 544. The highest BCUT2D eigenvalue weighted by Gasteiger charge is 2.38. The second-order valence-electron chi connectivity index (χ2n) is 6.53. The Hall–Kier alpha value is -1.89. The van der Waals surface area contributed by atoms with Crippen molar-refractivity contribution in [1.29, 1.82) is 0 Å². The van der Waals surface area contributed by atoms with E-state index in [1.807, 2.05) is 0 Å². The van der Waals surface area contributed by atoms with Gasteiger partial charge in [0.05, 0.1) is 12.2 Å². The summed E-state index contributed by atoms with van der Waals surface area (Å²) in [7, 11) is 0. The van der Waals surface area contributed by atoms with Crippen molar-refractivity contribution >= 4 is 11.9 Å². The predicted molar refractivity (Wildman–Crippen MR) is 83.8 cm³/mol. The summed E-state index contributed by atoms with van der Waals surface area (Å²) >= 11 is 0. The van der Waals surface area contributed by atoms with Gasteiger partial charge in [0.1, 0.15) is 6.04 Å². The minimum absolute atomic E-state index is 0.0901. The van der Waals surface area contributed by atoms with Crippen molar-refractivity contribution in [2.45, 2.75) is 50.6 Å². The number of H-pyrrole nitrogens is 1. The van der Waals surface area contributed by atoms with E-state index >= 15 is 0 Å². The van der Waals surface area contributed by atoms with Gasteiger partial charge < -0.3 is 15.4 Å². The summed E-state index contributed by atoms with van der Waals surface area (Å²) in [6.07, 6.45) is 8.57. The SMILES string of the molecule is O=C(O)C(Cc1cnc[nH]1)NC(=O)C1CCCN2CCCC[C@@H]12. The van der Waals surface area contributed by atoms with Crippen LogP contribution in [0.15, 0.2) is 12.5 Å². The molecule has 0 spiro atoms. The third-order valence-electron chi connectivity index (χ3n) is 5.02. The molecule has 7 heteroatoms. The molecule has 7 nitrogen and oxygen atoms in total. The topological polar surface area (TPSA) is 98.3 Å². The Morgan fingerprint density at radius 2 is 2.17 bits per heavy atom. The van der Waals surface area contributed by atoms with Gasteiger partial charge in [-0.2, -0.15) is 0 Å². The Labute approximate surface area is 135 Å². The van der Waals surface area contributed by atoms with Crippen molar-refractivity contribution in [1.82, 2.24) is 20.2 Å². The second-order valence-corrected chi connectivity index (χ2v) is 6.53. The zero-order chi connectivity index (χ0) is 16.2. The number of carbonyl (C=O) groups excluding carboxylic acids is 1. The third-order valence-corrected chi connectivity index (χ3v) is 5.02. The summed E-state index contributed by atoms with van der Waals surface area (Å²) in [4.78, 5) is 33.3. The zero-order valence-corrected chi connectivity index (χ0v) is 13.2. The highest BCUT2D eigenvalue weighted by Crippen LogP contribution is 2.31. The number of hydrogen-bond donors (Lipinski definition) is 3. The van der Waals surface area contributed by atoms with E-state index in [1.54, 1.807) is 6.20 Å². The molecule has 0 aromatic carbocycles. The summed E-state index contributed by atoms with van der Waals surface area (Å²) in [6, 6.07) is -0.638. The van der Waals surface area contributed by atoms with Gasteiger partial charge in [0.2, 0.25) is 5.91 Å². The molecule has 2 fully saturated rings. The van der Waals surface area contributed by atoms with Gasteiger partial charge in [-0.3, -0.25) is 9.69 Å². The first-order valence-corrected chi connectivity index (χ1v) is 8.39. The standard InChI is InChI=1S/C16H24N4O3/c21-15(12-4-3-7-20-6-2-1-5-14(12)20)19-13(16(22)23)8-11-9-17-10-18-11/h9-10,12-14H,1-8H2,(H,17,18)(H,19,21)(H,22,23)/t12?,13?,14-/m0/s1. The number of rotatable bonds is 5. The molecule has 0 radical (unpaired) electrons. The number of aromatic nitrogens is 2. The maximum atomic E-state index is 12.7. The number of amides is 1. The average Bonchev–Trinajstić information content (AvgIpc) is 3.06. The smallest absolute Gasteiger partial charge is 0.326 e. The van der Waals surface area contributed by atoms with Crippen molar-refractivity contribution < 1.29 is 14.7 Å². The number of fused-ring (bicyclic) bond motifs is 1. The van der Waals surface area contributed by atoms with E-state index in [0.717, 1.165) is 38.8 Å². The van der Waals surface area contributed by atoms with E-state index in [9.17, 15) is 14.7 Å². The zero-order valence-electron chi connectivity index (χ0n) is 13.2. The van der Waals surface area contributed by atoms with Crippen LogP contribution >= 0.6 is 0 Å². The first-order valence-electron chi connectivity index (χ1n) is 8.39. The second kappa shape index (κ2) is 7.12. The van der Waals surface area contributed by atoms with Crippen LogP contribution in [0.1, 0.15) is 37.8 Å². The summed E-state index contributed by atoms with van der Waals surface area (Å²) < 4.78 is 0. The van der Waals surface area contributed by atoms with Crippen LogP contribution in [0.3, 0.4) is 0 Å². The van der Waals surface area contributed by atoms with E-state index in [-0.39, 0.29) is 24.3 Å². The molecule has 1 aromatic rings. The normalized spacial score (nSPS) is 26.3. The predicted octanol–water partition coefficient (Wildman–Crippen LogP) is 0.786. The van der Waals surface area contributed by atoms with E-state index in [4.69, 9.17) is 0 Å². The maximum Gasteiger partial charge on any atom is 0.326 e. The summed E-state index contributed by atoms with van der Waals surface area (Å²) in [5.41, 5.74) is 0.709. The molecule has 23 heavy (non-hydrogen) atoms. The Balaban J connectivity index is 1.64. The molecular weight excluding hydrogens is 296 g/mol. The fraction of sp³-hybridized carbons (Fsp3) is 0.688. The van der Waals surface area contributed by atoms with E-state index in [0.29, 0.717) is 5.69 Å². The summed E-state index contributed by atoms with van der Waals surface area (Å²) in [6.45, 7) is 2.12. The molecule has 0 aliphatic carbocycles. The molecule has 0 bridgehead atoms. The van der Waals surface area contributed by atoms with Crippen LogP contribution in [0, 0.1) is 5.92 Å². The van der Waals surface area contributed by atoms with Crippen LogP contribution in [-0.4, -0.2) is 57.0 Å². The van der Waals surface area contributed by atoms with Crippen molar-refractivity contribution in [3.05, 3.63) is 18.2 Å². The highest BCUT2D eigenvalue weighted by atomic mass is 16.4. The molecule has 126 valence electrons.